The third-order valence-electron chi connectivity index (χ3n) is 3.96. The first-order chi connectivity index (χ1) is 7.25. The van der Waals surface area contributed by atoms with E-state index in [2.05, 4.69) is 12.2 Å². The molecule has 2 heterocycles. The van der Waals surface area contributed by atoms with Crippen LogP contribution in [0.4, 0.5) is 0 Å². The Bertz CT molecular complexity index is 256. The lowest BCUT2D eigenvalue weighted by molar-refractivity contribution is -0.146. The molecule has 0 aromatic heterocycles. The van der Waals surface area contributed by atoms with E-state index in [-0.39, 0.29) is 17.7 Å². The number of ether oxygens (including phenoxy) is 2. The highest BCUT2D eigenvalue weighted by molar-refractivity contribution is 5.08. The molecule has 15 heavy (non-hydrogen) atoms. The van der Waals surface area contributed by atoms with Gasteiger partial charge in [0.25, 0.3) is 0 Å². The van der Waals surface area contributed by atoms with Crippen LogP contribution in [0.25, 0.3) is 0 Å². The Morgan fingerprint density at radius 3 is 2.93 bits per heavy atom. The van der Waals surface area contributed by atoms with Gasteiger partial charge in [-0.25, -0.2) is 0 Å². The molecule has 3 fully saturated rings. The van der Waals surface area contributed by atoms with Crippen LogP contribution >= 0.6 is 0 Å². The first kappa shape index (κ1) is 10.0. The van der Waals surface area contributed by atoms with Crippen molar-refractivity contribution in [2.45, 2.75) is 62.7 Å². The Hall–Kier alpha value is -0.160. The minimum atomic E-state index is -0.747. The van der Waals surface area contributed by atoms with E-state index in [1.807, 2.05) is 0 Å². The maximum atomic E-state index is 9.81. The second-order valence-corrected chi connectivity index (χ2v) is 4.93. The summed E-state index contributed by atoms with van der Waals surface area (Å²) < 4.78 is 11.3. The van der Waals surface area contributed by atoms with Crippen molar-refractivity contribution in [1.29, 1.82) is 0 Å². The van der Waals surface area contributed by atoms with Gasteiger partial charge < -0.3 is 19.9 Å². The van der Waals surface area contributed by atoms with Crippen molar-refractivity contribution in [3.8, 4) is 0 Å². The molecule has 4 atom stereocenters. The molecule has 3 rings (SSSR count). The van der Waals surface area contributed by atoms with E-state index in [1.54, 1.807) is 0 Å². The minimum Gasteiger partial charge on any atom is -0.371 e. The largest absolute Gasteiger partial charge is 0.371 e. The standard InChI is InChI=1S/C11H19NO3/c1-2-11-5-6-14-8(10(13)15-11)9(11)12-7-3-4-7/h7-10,12-13H,2-6H2,1H3. The first-order valence-corrected chi connectivity index (χ1v) is 5.99. The molecule has 0 spiro atoms. The van der Waals surface area contributed by atoms with Crippen molar-refractivity contribution in [2.24, 2.45) is 0 Å². The fraction of sp³-hybridized carbons (Fsp3) is 1.00. The molecular formula is C11H19NO3. The minimum absolute atomic E-state index is 0.167. The van der Waals surface area contributed by atoms with Crippen molar-refractivity contribution >= 4 is 0 Å². The summed E-state index contributed by atoms with van der Waals surface area (Å²) in [7, 11) is 0. The van der Waals surface area contributed by atoms with Crippen molar-refractivity contribution in [3.63, 3.8) is 0 Å². The molecule has 0 aromatic rings. The van der Waals surface area contributed by atoms with Crippen molar-refractivity contribution in [3.05, 3.63) is 0 Å². The van der Waals surface area contributed by atoms with Gasteiger partial charge in [0.2, 0.25) is 0 Å². The van der Waals surface area contributed by atoms with Crippen LogP contribution in [0.15, 0.2) is 0 Å². The van der Waals surface area contributed by atoms with Gasteiger partial charge in [-0.3, -0.25) is 0 Å². The molecule has 4 heteroatoms. The van der Waals surface area contributed by atoms with Crippen LogP contribution in [0.5, 0.6) is 0 Å². The number of nitrogens with one attached hydrogen (secondary N) is 1. The monoisotopic (exact) mass is 213 g/mol. The Morgan fingerprint density at radius 1 is 1.47 bits per heavy atom. The van der Waals surface area contributed by atoms with Crippen LogP contribution in [0, 0.1) is 0 Å². The number of aliphatic hydroxyl groups is 1. The summed E-state index contributed by atoms with van der Waals surface area (Å²) in [6.45, 7) is 2.83. The van der Waals surface area contributed by atoms with Crippen LogP contribution in [-0.2, 0) is 9.47 Å². The zero-order valence-corrected chi connectivity index (χ0v) is 9.11. The molecular weight excluding hydrogens is 194 g/mol. The number of aliphatic hydroxyl groups excluding tert-OH is 1. The normalized spacial score (nSPS) is 49.6. The number of hydrogen-bond acceptors (Lipinski definition) is 4. The third kappa shape index (κ3) is 1.51. The smallest absolute Gasteiger partial charge is 0.183 e. The van der Waals surface area contributed by atoms with E-state index in [0.717, 1.165) is 12.8 Å². The van der Waals surface area contributed by atoms with E-state index in [0.29, 0.717) is 12.6 Å². The lowest BCUT2D eigenvalue weighted by atomic mass is 9.85. The highest BCUT2D eigenvalue weighted by Gasteiger charge is 2.57. The Balaban J connectivity index is 1.82. The number of hydrogen-bond donors (Lipinski definition) is 2. The zero-order chi connectivity index (χ0) is 10.5. The molecule has 4 unspecified atom stereocenters. The first-order valence-electron chi connectivity index (χ1n) is 5.99. The van der Waals surface area contributed by atoms with Gasteiger partial charge in [0.05, 0.1) is 18.2 Å². The molecule has 0 radical (unpaired) electrons. The molecule has 0 aromatic carbocycles. The summed E-state index contributed by atoms with van der Waals surface area (Å²) in [6.07, 6.45) is 3.41. The summed E-state index contributed by atoms with van der Waals surface area (Å²) in [5.74, 6) is 0. The molecule has 3 aliphatic rings. The summed E-state index contributed by atoms with van der Waals surface area (Å²) in [4.78, 5) is 0. The Kier molecular flexibility index (Phi) is 2.28. The van der Waals surface area contributed by atoms with Crippen LogP contribution in [-0.4, -0.2) is 41.8 Å². The maximum absolute atomic E-state index is 9.81. The van der Waals surface area contributed by atoms with E-state index >= 15 is 0 Å². The highest BCUT2D eigenvalue weighted by atomic mass is 16.7. The maximum Gasteiger partial charge on any atom is 0.183 e. The van der Waals surface area contributed by atoms with Gasteiger partial charge in [-0.05, 0) is 19.3 Å². The van der Waals surface area contributed by atoms with Crippen LogP contribution in [0.3, 0.4) is 0 Å². The van der Waals surface area contributed by atoms with Gasteiger partial charge in [0, 0.05) is 12.5 Å². The molecule has 1 saturated carbocycles. The number of fused-ring (bicyclic) bond motifs is 2. The molecule has 2 N–H and O–H groups in total. The number of rotatable bonds is 3. The Morgan fingerprint density at radius 2 is 2.27 bits per heavy atom. The SMILES string of the molecule is CCC12CCOC(C(O)O1)C2NC1CC1. The quantitative estimate of drug-likeness (QED) is 0.712. The topological polar surface area (TPSA) is 50.7 Å². The summed E-state index contributed by atoms with van der Waals surface area (Å²) >= 11 is 0. The third-order valence-corrected chi connectivity index (χ3v) is 3.96. The Labute approximate surface area is 89.9 Å². The van der Waals surface area contributed by atoms with Crippen LogP contribution in [0.2, 0.25) is 0 Å². The highest BCUT2D eigenvalue weighted by Crippen LogP contribution is 2.42. The van der Waals surface area contributed by atoms with E-state index < -0.39 is 6.29 Å². The molecule has 1 aliphatic carbocycles. The summed E-state index contributed by atoms with van der Waals surface area (Å²) in [5, 5.41) is 13.4. The van der Waals surface area contributed by atoms with Crippen molar-refractivity contribution in [2.75, 3.05) is 6.61 Å². The summed E-state index contributed by atoms with van der Waals surface area (Å²) in [5.41, 5.74) is -0.190. The molecule has 2 saturated heterocycles. The van der Waals surface area contributed by atoms with Gasteiger partial charge >= 0.3 is 0 Å². The van der Waals surface area contributed by atoms with Crippen molar-refractivity contribution in [1.82, 2.24) is 5.32 Å². The lowest BCUT2D eigenvalue weighted by Crippen LogP contribution is -2.57. The van der Waals surface area contributed by atoms with Crippen LogP contribution in [0.1, 0.15) is 32.6 Å². The van der Waals surface area contributed by atoms with Gasteiger partial charge in [0.1, 0.15) is 6.10 Å². The van der Waals surface area contributed by atoms with E-state index in [9.17, 15) is 5.11 Å². The molecule has 4 nitrogen and oxygen atoms in total. The van der Waals surface area contributed by atoms with Gasteiger partial charge in [-0.2, -0.15) is 0 Å². The summed E-state index contributed by atoms with van der Waals surface area (Å²) in [6, 6.07) is 0.803. The van der Waals surface area contributed by atoms with Gasteiger partial charge in [-0.1, -0.05) is 6.92 Å². The lowest BCUT2D eigenvalue weighted by Gasteiger charge is -2.38. The average Bonchev–Trinajstić information content (AvgIpc) is 3.01. The molecule has 2 aliphatic heterocycles. The fourth-order valence-corrected chi connectivity index (χ4v) is 2.84. The van der Waals surface area contributed by atoms with Crippen LogP contribution < -0.4 is 5.32 Å². The van der Waals surface area contributed by atoms with Gasteiger partial charge in [0.15, 0.2) is 6.29 Å². The predicted octanol–water partition coefficient (Wildman–Crippen LogP) is 0.393. The van der Waals surface area contributed by atoms with E-state index in [1.165, 1.54) is 12.8 Å². The average molecular weight is 213 g/mol. The molecule has 2 bridgehead atoms. The predicted molar refractivity (Wildman–Crippen MR) is 54.4 cm³/mol. The second kappa shape index (κ2) is 3.42. The fourth-order valence-electron chi connectivity index (χ4n) is 2.84. The second-order valence-electron chi connectivity index (χ2n) is 4.93. The zero-order valence-electron chi connectivity index (χ0n) is 9.11. The molecule has 0 amide bonds. The van der Waals surface area contributed by atoms with E-state index in [4.69, 9.17) is 9.47 Å². The van der Waals surface area contributed by atoms with Crippen molar-refractivity contribution < 1.29 is 14.6 Å². The van der Waals surface area contributed by atoms with Gasteiger partial charge in [-0.15, -0.1) is 0 Å². The molecule has 86 valence electrons.